The highest BCUT2D eigenvalue weighted by Gasteiger charge is 2.24. The van der Waals surface area contributed by atoms with Crippen LogP contribution in [0.25, 0.3) is 0 Å². The number of nitrogens with one attached hydrogen (secondary N) is 1. The van der Waals surface area contributed by atoms with E-state index < -0.39 is 5.25 Å². The molecule has 0 saturated carbocycles. The number of aryl methyl sites for hydroxylation is 1. The molecular formula is C22H24N6O2S2. The molecule has 0 radical (unpaired) electrons. The summed E-state index contributed by atoms with van der Waals surface area (Å²) in [5.74, 6) is 0.620. The first-order valence-corrected chi connectivity index (χ1v) is 12.2. The van der Waals surface area contributed by atoms with Gasteiger partial charge in [-0.15, -0.1) is 16.4 Å². The number of thiophene rings is 1. The number of thioether (sulfide) groups is 1. The van der Waals surface area contributed by atoms with Gasteiger partial charge in [0.25, 0.3) is 0 Å². The number of ether oxygens (including phenoxy) is 1. The average Bonchev–Trinajstić information content (AvgIpc) is 3.29. The fraction of sp³-hybridized carbons (Fsp3) is 0.409. The van der Waals surface area contributed by atoms with E-state index in [-0.39, 0.29) is 5.91 Å². The number of amides is 1. The number of tetrazole rings is 1. The van der Waals surface area contributed by atoms with Crippen LogP contribution in [0.15, 0.2) is 29.4 Å². The van der Waals surface area contributed by atoms with Crippen LogP contribution in [0.5, 0.6) is 5.75 Å². The van der Waals surface area contributed by atoms with Crippen molar-refractivity contribution in [2.75, 3.05) is 12.4 Å². The van der Waals surface area contributed by atoms with E-state index in [0.29, 0.717) is 22.3 Å². The van der Waals surface area contributed by atoms with Gasteiger partial charge < -0.3 is 10.1 Å². The second-order valence-electron chi connectivity index (χ2n) is 7.60. The summed E-state index contributed by atoms with van der Waals surface area (Å²) in [6.45, 7) is 2.31. The molecule has 2 heterocycles. The number of anilines is 1. The number of rotatable bonds is 7. The number of fused-ring (bicyclic) bond motifs is 1. The molecule has 0 saturated heterocycles. The summed E-state index contributed by atoms with van der Waals surface area (Å²) < 4.78 is 6.86. The van der Waals surface area contributed by atoms with E-state index in [0.717, 1.165) is 42.6 Å². The maximum atomic E-state index is 12.9. The van der Waals surface area contributed by atoms with Crippen LogP contribution in [0.4, 0.5) is 5.00 Å². The Labute approximate surface area is 195 Å². The number of hydrogen-bond donors (Lipinski definition) is 1. The van der Waals surface area contributed by atoms with Gasteiger partial charge in [-0.2, -0.15) is 5.26 Å². The minimum atomic E-state index is -0.427. The molecule has 32 heavy (non-hydrogen) atoms. The summed E-state index contributed by atoms with van der Waals surface area (Å²) in [7, 11) is 1.63. The maximum Gasteiger partial charge on any atom is 0.238 e. The van der Waals surface area contributed by atoms with Gasteiger partial charge in [-0.25, -0.2) is 4.68 Å². The molecule has 10 heteroatoms. The van der Waals surface area contributed by atoms with Crippen LogP contribution < -0.4 is 10.1 Å². The predicted octanol–water partition coefficient (Wildman–Crippen LogP) is 4.05. The van der Waals surface area contributed by atoms with Crippen molar-refractivity contribution in [1.82, 2.24) is 20.2 Å². The molecule has 3 aromatic rings. The Morgan fingerprint density at radius 2 is 2.09 bits per heavy atom. The standard InChI is InChI=1S/C22H24N6O2S2/c1-14(20(29)24-21-18(12-23)17-6-4-3-5-7-19(17)32-21)31-22-25-26-27-28(22)13-15-8-10-16(30-2)11-9-15/h8-11,14H,3-7,13H2,1-2H3,(H,24,29)/t14-/m0/s1. The van der Waals surface area contributed by atoms with Crippen molar-refractivity contribution >= 4 is 34.0 Å². The lowest BCUT2D eigenvalue weighted by Gasteiger charge is -2.11. The number of nitrogens with zero attached hydrogens (tertiary/aromatic N) is 5. The zero-order valence-corrected chi connectivity index (χ0v) is 19.6. The zero-order valence-electron chi connectivity index (χ0n) is 18.0. The SMILES string of the molecule is COc1ccc(Cn2nnnc2S[C@@H](C)C(=O)Nc2sc3c(c2C#N)CCCCC3)cc1. The number of hydrogen-bond acceptors (Lipinski definition) is 8. The molecule has 1 aliphatic carbocycles. The smallest absolute Gasteiger partial charge is 0.238 e. The highest BCUT2D eigenvalue weighted by atomic mass is 32.2. The number of aromatic nitrogens is 4. The highest BCUT2D eigenvalue weighted by Crippen LogP contribution is 2.37. The third kappa shape index (κ3) is 4.95. The molecule has 4 rings (SSSR count). The van der Waals surface area contributed by atoms with E-state index >= 15 is 0 Å². The number of nitriles is 1. The van der Waals surface area contributed by atoms with E-state index in [1.165, 1.54) is 23.1 Å². The molecule has 166 valence electrons. The van der Waals surface area contributed by atoms with Gasteiger partial charge in [0, 0.05) is 4.88 Å². The largest absolute Gasteiger partial charge is 0.497 e. The maximum absolute atomic E-state index is 12.9. The van der Waals surface area contributed by atoms with Crippen LogP contribution >= 0.6 is 23.1 Å². The third-order valence-corrected chi connectivity index (χ3v) is 7.69. The van der Waals surface area contributed by atoms with E-state index in [2.05, 4.69) is 26.9 Å². The summed E-state index contributed by atoms with van der Waals surface area (Å²) >= 11 is 2.84. The lowest BCUT2D eigenvalue weighted by Crippen LogP contribution is -2.23. The molecule has 1 N–H and O–H groups in total. The Bertz CT molecular complexity index is 1130. The number of methoxy groups -OCH3 is 1. The average molecular weight is 469 g/mol. The fourth-order valence-corrected chi connectivity index (χ4v) is 5.69. The van der Waals surface area contributed by atoms with Crippen molar-refractivity contribution in [3.8, 4) is 11.8 Å². The van der Waals surface area contributed by atoms with Gasteiger partial charge in [0.15, 0.2) is 0 Å². The number of carbonyl (C=O) groups excluding carboxylic acids is 1. The summed E-state index contributed by atoms with van der Waals surface area (Å²) in [4.78, 5) is 14.1. The van der Waals surface area contributed by atoms with Crippen LogP contribution in [-0.4, -0.2) is 38.5 Å². The first kappa shape index (κ1) is 22.3. The summed E-state index contributed by atoms with van der Waals surface area (Å²) in [5, 5.41) is 25.4. The molecule has 0 fully saturated rings. The van der Waals surface area contributed by atoms with Crippen LogP contribution in [-0.2, 0) is 24.2 Å². The molecule has 1 aromatic carbocycles. The monoisotopic (exact) mass is 468 g/mol. The second kappa shape index (κ2) is 10.1. The summed E-state index contributed by atoms with van der Waals surface area (Å²) in [5.41, 5.74) is 2.77. The molecule has 0 unspecified atom stereocenters. The van der Waals surface area contributed by atoms with Crippen LogP contribution in [0.1, 0.15) is 47.8 Å². The van der Waals surface area contributed by atoms with Gasteiger partial charge >= 0.3 is 0 Å². The van der Waals surface area contributed by atoms with Gasteiger partial charge in [0.2, 0.25) is 11.1 Å². The normalized spacial score (nSPS) is 14.2. The van der Waals surface area contributed by atoms with Crippen molar-refractivity contribution in [2.24, 2.45) is 0 Å². The quantitative estimate of drug-likeness (QED) is 0.412. The Morgan fingerprint density at radius 1 is 1.31 bits per heavy atom. The van der Waals surface area contributed by atoms with E-state index in [9.17, 15) is 10.1 Å². The molecule has 1 atom stereocenters. The van der Waals surface area contributed by atoms with Crippen molar-refractivity contribution in [2.45, 2.75) is 56.0 Å². The summed E-state index contributed by atoms with van der Waals surface area (Å²) in [6, 6.07) is 9.99. The van der Waals surface area contributed by atoms with Crippen molar-refractivity contribution in [3.05, 3.63) is 45.8 Å². The van der Waals surface area contributed by atoms with Crippen molar-refractivity contribution < 1.29 is 9.53 Å². The van der Waals surface area contributed by atoms with Crippen LogP contribution in [0.3, 0.4) is 0 Å². The molecule has 1 amide bonds. The molecule has 1 aliphatic rings. The third-order valence-electron chi connectivity index (χ3n) is 5.41. The van der Waals surface area contributed by atoms with Gasteiger partial charge in [0.05, 0.1) is 24.5 Å². The Balaban J connectivity index is 1.43. The zero-order chi connectivity index (χ0) is 22.5. The number of benzene rings is 1. The Morgan fingerprint density at radius 3 is 2.84 bits per heavy atom. The number of carbonyl (C=O) groups is 1. The fourth-order valence-electron chi connectivity index (χ4n) is 3.66. The first-order chi connectivity index (χ1) is 15.6. The highest BCUT2D eigenvalue weighted by molar-refractivity contribution is 8.00. The lowest BCUT2D eigenvalue weighted by atomic mass is 10.1. The minimum Gasteiger partial charge on any atom is -0.497 e. The van der Waals surface area contributed by atoms with E-state index in [4.69, 9.17) is 4.74 Å². The van der Waals surface area contributed by atoms with Crippen LogP contribution in [0.2, 0.25) is 0 Å². The second-order valence-corrected chi connectivity index (χ2v) is 10.0. The first-order valence-electron chi connectivity index (χ1n) is 10.5. The molecular weight excluding hydrogens is 444 g/mol. The molecule has 8 nitrogen and oxygen atoms in total. The predicted molar refractivity (Wildman–Crippen MR) is 124 cm³/mol. The molecule has 2 aromatic heterocycles. The van der Waals surface area contributed by atoms with Crippen molar-refractivity contribution in [1.29, 1.82) is 5.26 Å². The molecule has 0 aliphatic heterocycles. The van der Waals surface area contributed by atoms with Crippen molar-refractivity contribution in [3.63, 3.8) is 0 Å². The Kier molecular flexibility index (Phi) is 7.07. The topological polar surface area (TPSA) is 106 Å². The van der Waals surface area contributed by atoms with E-state index in [1.807, 2.05) is 31.2 Å². The van der Waals surface area contributed by atoms with Gasteiger partial charge in [-0.3, -0.25) is 4.79 Å². The van der Waals surface area contributed by atoms with Crippen LogP contribution in [0, 0.1) is 11.3 Å². The Hall–Kier alpha value is -2.90. The van der Waals surface area contributed by atoms with E-state index in [1.54, 1.807) is 23.1 Å². The van der Waals surface area contributed by atoms with Gasteiger partial charge in [0.1, 0.15) is 16.8 Å². The van der Waals surface area contributed by atoms with Gasteiger partial charge in [-0.1, -0.05) is 30.3 Å². The lowest BCUT2D eigenvalue weighted by molar-refractivity contribution is -0.115. The van der Waals surface area contributed by atoms with Gasteiger partial charge in [-0.05, 0) is 66.3 Å². The molecule has 0 bridgehead atoms. The minimum absolute atomic E-state index is 0.165. The summed E-state index contributed by atoms with van der Waals surface area (Å²) in [6.07, 6.45) is 5.31. The molecule has 0 spiro atoms.